The first-order chi connectivity index (χ1) is 6.15. The first-order valence-electron chi connectivity index (χ1n) is 4.05. The molecule has 0 saturated carbocycles. The van der Waals surface area contributed by atoms with E-state index < -0.39 is 6.10 Å². The number of aliphatic hydroxyl groups is 2. The molecule has 1 aromatic carbocycles. The molecule has 0 aliphatic carbocycles. The largest absolute Gasteiger partial charge is 0.393 e. The Hall–Kier alpha value is -1.19. The molecule has 1 rings (SSSR count). The third-order valence-electron chi connectivity index (χ3n) is 1.85. The van der Waals surface area contributed by atoms with Crippen LogP contribution >= 0.6 is 0 Å². The van der Waals surface area contributed by atoms with Crippen LogP contribution in [0.15, 0.2) is 24.3 Å². The fourth-order valence-electron chi connectivity index (χ4n) is 1.07. The van der Waals surface area contributed by atoms with Gasteiger partial charge in [-0.15, -0.1) is 0 Å². The Kier molecular flexibility index (Phi) is 3.17. The van der Waals surface area contributed by atoms with Crippen molar-refractivity contribution in [3.63, 3.8) is 0 Å². The van der Waals surface area contributed by atoms with Gasteiger partial charge in [-0.1, -0.05) is 18.2 Å². The van der Waals surface area contributed by atoms with Gasteiger partial charge in [0.2, 0.25) is 0 Å². The Morgan fingerprint density at radius 2 is 2.23 bits per heavy atom. The highest BCUT2D eigenvalue weighted by Gasteiger charge is 2.07. The number of aliphatic hydroxyl groups excluding tert-OH is 2. The second-order valence-electron chi connectivity index (χ2n) is 2.88. The lowest BCUT2D eigenvalue weighted by Gasteiger charge is -2.07. The minimum atomic E-state index is -0.903. The maximum Gasteiger partial charge on any atom is 0.159 e. The Labute approximate surface area is 76.6 Å². The van der Waals surface area contributed by atoms with E-state index >= 15 is 0 Å². The third kappa shape index (κ3) is 2.37. The summed E-state index contributed by atoms with van der Waals surface area (Å²) in [6.07, 6.45) is -0.903. The van der Waals surface area contributed by atoms with Crippen molar-refractivity contribution in [3.8, 4) is 0 Å². The maximum atomic E-state index is 11.0. The second kappa shape index (κ2) is 4.16. The van der Waals surface area contributed by atoms with Crippen LogP contribution in [0, 0.1) is 0 Å². The number of ketones is 1. The molecule has 70 valence electrons. The van der Waals surface area contributed by atoms with Crippen molar-refractivity contribution in [1.82, 2.24) is 0 Å². The summed E-state index contributed by atoms with van der Waals surface area (Å²) >= 11 is 0. The highest BCUT2D eigenvalue weighted by atomic mass is 16.3. The van der Waals surface area contributed by atoms with Gasteiger partial charge in [-0.05, 0) is 18.6 Å². The van der Waals surface area contributed by atoms with E-state index in [0.29, 0.717) is 11.1 Å². The summed E-state index contributed by atoms with van der Waals surface area (Å²) in [4.78, 5) is 11.0. The summed E-state index contributed by atoms with van der Waals surface area (Å²) < 4.78 is 0. The fourth-order valence-corrected chi connectivity index (χ4v) is 1.07. The average molecular weight is 180 g/mol. The molecule has 0 fully saturated rings. The molecule has 0 bridgehead atoms. The van der Waals surface area contributed by atoms with E-state index in [0.717, 1.165) is 0 Å². The Bertz CT molecular complexity index is 307. The van der Waals surface area contributed by atoms with Crippen LogP contribution in [0.3, 0.4) is 0 Å². The minimum Gasteiger partial charge on any atom is -0.393 e. The smallest absolute Gasteiger partial charge is 0.159 e. The highest BCUT2D eigenvalue weighted by Crippen LogP contribution is 2.13. The van der Waals surface area contributed by atoms with Gasteiger partial charge in [0.15, 0.2) is 5.78 Å². The van der Waals surface area contributed by atoms with Crippen LogP contribution in [0.4, 0.5) is 0 Å². The van der Waals surface area contributed by atoms with E-state index in [1.54, 1.807) is 24.3 Å². The van der Waals surface area contributed by atoms with Gasteiger partial charge in [0, 0.05) is 5.56 Å². The standard InChI is InChI=1S/C10H12O3/c1-7(12)8-3-2-4-9(5-8)10(13)6-11/h2-5,10-11,13H,6H2,1H3. The highest BCUT2D eigenvalue weighted by molar-refractivity contribution is 5.94. The number of rotatable bonds is 3. The van der Waals surface area contributed by atoms with Gasteiger partial charge in [0.1, 0.15) is 6.10 Å². The SMILES string of the molecule is CC(=O)c1cccc(C(O)CO)c1. The molecule has 1 atom stereocenters. The molecule has 3 nitrogen and oxygen atoms in total. The Morgan fingerprint density at radius 3 is 2.77 bits per heavy atom. The second-order valence-corrected chi connectivity index (χ2v) is 2.88. The number of benzene rings is 1. The zero-order valence-corrected chi connectivity index (χ0v) is 7.40. The summed E-state index contributed by atoms with van der Waals surface area (Å²) in [6, 6.07) is 6.62. The molecule has 0 saturated heterocycles. The van der Waals surface area contributed by atoms with Gasteiger partial charge >= 0.3 is 0 Å². The number of hydrogen-bond acceptors (Lipinski definition) is 3. The molecular weight excluding hydrogens is 168 g/mol. The third-order valence-corrected chi connectivity index (χ3v) is 1.85. The van der Waals surface area contributed by atoms with E-state index in [2.05, 4.69) is 0 Å². The van der Waals surface area contributed by atoms with Crippen molar-refractivity contribution in [3.05, 3.63) is 35.4 Å². The molecule has 1 unspecified atom stereocenters. The summed E-state index contributed by atoms with van der Waals surface area (Å²) in [7, 11) is 0. The molecule has 0 aliphatic heterocycles. The van der Waals surface area contributed by atoms with Gasteiger partial charge in [-0.25, -0.2) is 0 Å². The van der Waals surface area contributed by atoms with Crippen LogP contribution < -0.4 is 0 Å². The molecule has 0 radical (unpaired) electrons. The van der Waals surface area contributed by atoms with Gasteiger partial charge in [0.25, 0.3) is 0 Å². The zero-order chi connectivity index (χ0) is 9.84. The number of hydrogen-bond donors (Lipinski definition) is 2. The van der Waals surface area contributed by atoms with Crippen LogP contribution in [0.2, 0.25) is 0 Å². The van der Waals surface area contributed by atoms with Gasteiger partial charge in [0.05, 0.1) is 6.61 Å². The lowest BCUT2D eigenvalue weighted by atomic mass is 10.0. The molecule has 0 spiro atoms. The molecule has 0 aromatic heterocycles. The van der Waals surface area contributed by atoms with E-state index in [1.165, 1.54) is 6.92 Å². The fraction of sp³-hybridized carbons (Fsp3) is 0.300. The summed E-state index contributed by atoms with van der Waals surface area (Å²) in [6.45, 7) is 1.13. The van der Waals surface area contributed by atoms with Crippen LogP contribution in [0.5, 0.6) is 0 Å². The van der Waals surface area contributed by atoms with Crippen LogP contribution in [0.1, 0.15) is 28.9 Å². The predicted molar refractivity (Wildman–Crippen MR) is 48.5 cm³/mol. The van der Waals surface area contributed by atoms with E-state index in [1.807, 2.05) is 0 Å². The van der Waals surface area contributed by atoms with Gasteiger partial charge < -0.3 is 10.2 Å². The minimum absolute atomic E-state index is 0.0491. The molecule has 0 heterocycles. The lowest BCUT2D eigenvalue weighted by Crippen LogP contribution is -2.03. The first kappa shape index (κ1) is 9.89. The molecule has 0 amide bonds. The average Bonchev–Trinajstić information content (AvgIpc) is 2.17. The summed E-state index contributed by atoms with van der Waals surface area (Å²) in [5, 5.41) is 18.0. The monoisotopic (exact) mass is 180 g/mol. The molecule has 2 N–H and O–H groups in total. The predicted octanol–water partition coefficient (Wildman–Crippen LogP) is 0.915. The Morgan fingerprint density at radius 1 is 1.54 bits per heavy atom. The van der Waals surface area contributed by atoms with Crippen LogP contribution in [-0.2, 0) is 0 Å². The van der Waals surface area contributed by atoms with Crippen molar-refractivity contribution in [2.75, 3.05) is 6.61 Å². The Balaban J connectivity index is 2.98. The van der Waals surface area contributed by atoms with E-state index in [4.69, 9.17) is 5.11 Å². The number of Topliss-reactive ketones (excluding diaryl/α,β-unsaturated/α-hetero) is 1. The van der Waals surface area contributed by atoms with Gasteiger partial charge in [-0.3, -0.25) is 4.79 Å². The van der Waals surface area contributed by atoms with Gasteiger partial charge in [-0.2, -0.15) is 0 Å². The molecule has 13 heavy (non-hydrogen) atoms. The van der Waals surface area contributed by atoms with Crippen molar-refractivity contribution in [2.24, 2.45) is 0 Å². The van der Waals surface area contributed by atoms with E-state index in [-0.39, 0.29) is 12.4 Å². The van der Waals surface area contributed by atoms with Crippen molar-refractivity contribution >= 4 is 5.78 Å². The quantitative estimate of drug-likeness (QED) is 0.680. The molecule has 1 aromatic rings. The molecule has 3 heteroatoms. The van der Waals surface area contributed by atoms with E-state index in [9.17, 15) is 9.90 Å². The maximum absolute atomic E-state index is 11.0. The van der Waals surface area contributed by atoms with Crippen LogP contribution in [-0.4, -0.2) is 22.6 Å². The normalized spacial score (nSPS) is 12.5. The zero-order valence-electron chi connectivity index (χ0n) is 7.40. The van der Waals surface area contributed by atoms with Crippen LogP contribution in [0.25, 0.3) is 0 Å². The number of carbonyl (C=O) groups is 1. The topological polar surface area (TPSA) is 57.5 Å². The van der Waals surface area contributed by atoms with Crippen molar-refractivity contribution in [2.45, 2.75) is 13.0 Å². The molecule has 0 aliphatic rings. The first-order valence-corrected chi connectivity index (χ1v) is 4.05. The van der Waals surface area contributed by atoms with Crippen molar-refractivity contribution in [1.29, 1.82) is 0 Å². The number of carbonyl (C=O) groups excluding carboxylic acids is 1. The molecular formula is C10H12O3. The summed E-state index contributed by atoms with van der Waals surface area (Å²) in [5.74, 6) is -0.0491. The lowest BCUT2D eigenvalue weighted by molar-refractivity contribution is 0.0951. The van der Waals surface area contributed by atoms with Crippen molar-refractivity contribution < 1.29 is 15.0 Å². The summed E-state index contributed by atoms with van der Waals surface area (Å²) in [5.41, 5.74) is 1.11.